The van der Waals surface area contributed by atoms with Gasteiger partial charge in [0.1, 0.15) is 5.82 Å². The van der Waals surface area contributed by atoms with Crippen molar-refractivity contribution in [3.8, 4) is 0 Å². The lowest BCUT2D eigenvalue weighted by atomic mass is 9.70. The number of nitrogens with zero attached hydrogens (tertiary/aromatic N) is 2. The third kappa shape index (κ3) is 3.81. The van der Waals surface area contributed by atoms with Gasteiger partial charge in [-0.05, 0) is 60.3 Å². The highest BCUT2D eigenvalue weighted by Gasteiger charge is 2.60. The van der Waals surface area contributed by atoms with Crippen LogP contribution >= 0.6 is 0 Å². The van der Waals surface area contributed by atoms with Crippen LogP contribution in [0.1, 0.15) is 40.0 Å². The van der Waals surface area contributed by atoms with Crippen LogP contribution in [0.3, 0.4) is 0 Å². The van der Waals surface area contributed by atoms with Gasteiger partial charge in [-0.3, -0.25) is 4.90 Å². The first-order valence-electron chi connectivity index (χ1n) is 10.8. The molecule has 0 aromatic heterocycles. The maximum absolute atomic E-state index is 13.1. The van der Waals surface area contributed by atoms with Crippen LogP contribution in [0.5, 0.6) is 0 Å². The molecule has 1 aromatic rings. The Morgan fingerprint density at radius 3 is 2.43 bits per heavy atom. The normalized spacial score (nSPS) is 33.4. The summed E-state index contributed by atoms with van der Waals surface area (Å²) < 4.78 is 19.4. The van der Waals surface area contributed by atoms with Gasteiger partial charge >= 0.3 is 0 Å². The standard InChI is InChI=1S/C23H35FN2O2/c1-22(2)17-8-9-23(3,14-17)21(22)28-16-20(27)15-25-10-12-26(13-11-25)19-6-4-18(24)5-7-19/h4-7,17,20-21,27H,8-16H2,1-3H3/t17-,20+,21-,23+/m0/s1. The molecule has 1 aliphatic heterocycles. The number of β-amino-alcohol motifs (C(OH)–C–C–N with tert-alkyl or cyclic N) is 1. The predicted molar refractivity (Wildman–Crippen MR) is 110 cm³/mol. The molecule has 1 N–H and O–H groups in total. The zero-order valence-corrected chi connectivity index (χ0v) is 17.5. The fourth-order valence-corrected chi connectivity index (χ4v) is 6.07. The number of hydrogen-bond acceptors (Lipinski definition) is 4. The summed E-state index contributed by atoms with van der Waals surface area (Å²) in [6.45, 7) is 11.7. The van der Waals surface area contributed by atoms with Crippen molar-refractivity contribution in [3.05, 3.63) is 30.1 Å². The zero-order chi connectivity index (χ0) is 19.9. The summed E-state index contributed by atoms with van der Waals surface area (Å²) in [5.74, 6) is 0.567. The van der Waals surface area contributed by atoms with Gasteiger partial charge in [0.05, 0.1) is 18.8 Å². The molecule has 4 rings (SSSR count). The van der Waals surface area contributed by atoms with Crippen molar-refractivity contribution in [2.24, 2.45) is 16.7 Å². The second-order valence-corrected chi connectivity index (χ2v) is 10.0. The van der Waals surface area contributed by atoms with Gasteiger partial charge in [-0.2, -0.15) is 0 Å². The van der Waals surface area contributed by atoms with E-state index in [4.69, 9.17) is 4.74 Å². The van der Waals surface area contributed by atoms with Gasteiger partial charge in [-0.15, -0.1) is 0 Å². The highest BCUT2D eigenvalue weighted by molar-refractivity contribution is 5.46. The molecule has 2 saturated carbocycles. The molecule has 2 bridgehead atoms. The first kappa shape index (κ1) is 20.1. The molecule has 4 nitrogen and oxygen atoms in total. The van der Waals surface area contributed by atoms with Gasteiger partial charge in [-0.1, -0.05) is 20.8 Å². The van der Waals surface area contributed by atoms with E-state index in [1.54, 1.807) is 0 Å². The van der Waals surface area contributed by atoms with Crippen molar-refractivity contribution < 1.29 is 14.2 Å². The Hall–Kier alpha value is -1.17. The van der Waals surface area contributed by atoms with Crippen molar-refractivity contribution in [2.45, 2.75) is 52.2 Å². The summed E-state index contributed by atoms with van der Waals surface area (Å²) in [5.41, 5.74) is 1.57. The fraction of sp³-hybridized carbons (Fsp3) is 0.739. The lowest BCUT2D eigenvalue weighted by Gasteiger charge is -2.43. The molecule has 0 spiro atoms. The van der Waals surface area contributed by atoms with Crippen LogP contribution in [-0.2, 0) is 4.74 Å². The van der Waals surface area contributed by atoms with Crippen molar-refractivity contribution in [1.82, 2.24) is 4.90 Å². The third-order valence-electron chi connectivity index (χ3n) is 7.63. The minimum absolute atomic E-state index is 0.196. The van der Waals surface area contributed by atoms with Gasteiger partial charge < -0.3 is 14.7 Å². The van der Waals surface area contributed by atoms with Crippen LogP contribution in [0.15, 0.2) is 24.3 Å². The maximum Gasteiger partial charge on any atom is 0.123 e. The highest BCUT2D eigenvalue weighted by Crippen LogP contribution is 2.63. The number of aliphatic hydroxyl groups is 1. The Morgan fingerprint density at radius 2 is 1.82 bits per heavy atom. The Labute approximate surface area is 168 Å². The molecule has 0 radical (unpaired) electrons. The summed E-state index contributed by atoms with van der Waals surface area (Å²) in [6, 6.07) is 6.71. The molecule has 0 amide bonds. The van der Waals surface area contributed by atoms with Gasteiger partial charge in [0.2, 0.25) is 0 Å². The molecule has 4 atom stereocenters. The van der Waals surface area contributed by atoms with Gasteiger partial charge in [0.15, 0.2) is 0 Å². The molecule has 0 unspecified atom stereocenters. The SMILES string of the molecule is CC1(C)[C@H]2CC[C@](C)(C2)[C@H]1OC[C@H](O)CN1CCN(c2ccc(F)cc2)CC1. The van der Waals surface area contributed by atoms with Gasteiger partial charge in [0, 0.05) is 38.4 Å². The molecule has 3 aliphatic rings. The van der Waals surface area contributed by atoms with Crippen LogP contribution in [0.25, 0.3) is 0 Å². The largest absolute Gasteiger partial charge is 0.389 e. The number of anilines is 1. The van der Waals surface area contributed by atoms with Crippen LogP contribution in [-0.4, -0.2) is 61.5 Å². The van der Waals surface area contributed by atoms with E-state index in [1.807, 2.05) is 12.1 Å². The maximum atomic E-state index is 13.1. The number of rotatable bonds is 6. The molecule has 156 valence electrons. The van der Waals surface area contributed by atoms with E-state index in [0.717, 1.165) is 37.8 Å². The minimum atomic E-state index is -0.448. The molecule has 2 aliphatic carbocycles. The average molecular weight is 391 g/mol. The number of hydrogen-bond donors (Lipinski definition) is 1. The van der Waals surface area contributed by atoms with Gasteiger partial charge in [-0.25, -0.2) is 4.39 Å². The monoisotopic (exact) mass is 390 g/mol. The number of ether oxygens (including phenoxy) is 1. The molecule has 1 saturated heterocycles. The van der Waals surface area contributed by atoms with Crippen LogP contribution in [0, 0.1) is 22.6 Å². The van der Waals surface area contributed by atoms with E-state index < -0.39 is 6.10 Å². The number of benzene rings is 1. The Bertz CT molecular complexity index is 667. The number of aliphatic hydroxyl groups excluding tert-OH is 1. The Balaban J connectivity index is 1.23. The van der Waals surface area contributed by atoms with E-state index in [-0.39, 0.29) is 22.8 Å². The zero-order valence-electron chi connectivity index (χ0n) is 17.5. The number of halogens is 1. The average Bonchev–Trinajstić information content (AvgIpc) is 3.14. The van der Waals surface area contributed by atoms with Gasteiger partial charge in [0.25, 0.3) is 0 Å². The number of fused-ring (bicyclic) bond motifs is 2. The van der Waals surface area contributed by atoms with E-state index in [9.17, 15) is 9.50 Å². The van der Waals surface area contributed by atoms with Crippen molar-refractivity contribution in [2.75, 3.05) is 44.2 Å². The third-order valence-corrected chi connectivity index (χ3v) is 7.63. The fourth-order valence-electron chi connectivity index (χ4n) is 6.07. The topological polar surface area (TPSA) is 35.9 Å². The highest BCUT2D eigenvalue weighted by atomic mass is 19.1. The van der Waals surface area contributed by atoms with Crippen molar-refractivity contribution in [1.29, 1.82) is 0 Å². The van der Waals surface area contributed by atoms with E-state index >= 15 is 0 Å². The van der Waals surface area contributed by atoms with E-state index in [0.29, 0.717) is 13.2 Å². The molecule has 28 heavy (non-hydrogen) atoms. The van der Waals surface area contributed by atoms with E-state index in [1.165, 1.54) is 31.4 Å². The Morgan fingerprint density at radius 1 is 1.14 bits per heavy atom. The first-order valence-corrected chi connectivity index (χ1v) is 10.8. The van der Waals surface area contributed by atoms with E-state index in [2.05, 4.69) is 30.6 Å². The molecular formula is C23H35FN2O2. The smallest absolute Gasteiger partial charge is 0.123 e. The quantitative estimate of drug-likeness (QED) is 0.806. The van der Waals surface area contributed by atoms with Crippen molar-refractivity contribution >= 4 is 5.69 Å². The second kappa shape index (κ2) is 7.58. The molecule has 1 heterocycles. The van der Waals surface area contributed by atoms with Crippen molar-refractivity contribution in [3.63, 3.8) is 0 Å². The van der Waals surface area contributed by atoms with Crippen LogP contribution < -0.4 is 4.90 Å². The first-order chi connectivity index (χ1) is 13.3. The minimum Gasteiger partial charge on any atom is -0.389 e. The van der Waals surface area contributed by atoms with Crippen LogP contribution in [0.2, 0.25) is 0 Å². The molecule has 1 aromatic carbocycles. The summed E-state index contributed by atoms with van der Waals surface area (Å²) in [5, 5.41) is 10.6. The summed E-state index contributed by atoms with van der Waals surface area (Å²) in [4.78, 5) is 4.58. The lowest BCUT2D eigenvalue weighted by Crippen LogP contribution is -2.50. The number of piperazine rings is 1. The summed E-state index contributed by atoms with van der Waals surface area (Å²) in [6.07, 6.45) is 3.66. The Kier molecular flexibility index (Phi) is 5.45. The molecule has 5 heteroatoms. The lowest BCUT2D eigenvalue weighted by molar-refractivity contribution is -0.113. The molecular weight excluding hydrogens is 355 g/mol. The molecule has 3 fully saturated rings. The second-order valence-electron chi connectivity index (χ2n) is 10.0. The summed E-state index contributed by atoms with van der Waals surface area (Å²) >= 11 is 0. The van der Waals surface area contributed by atoms with Crippen LogP contribution in [0.4, 0.5) is 10.1 Å². The predicted octanol–water partition coefficient (Wildman–Crippen LogP) is 3.54. The summed E-state index contributed by atoms with van der Waals surface area (Å²) in [7, 11) is 0.